The highest BCUT2D eigenvalue weighted by Gasteiger charge is 1.89. The first kappa shape index (κ1) is 12.8. The minimum absolute atomic E-state index is 0.0417. The van der Waals surface area contributed by atoms with Gasteiger partial charge in [-0.05, 0) is 23.8 Å². The summed E-state index contributed by atoms with van der Waals surface area (Å²) in [6.07, 6.45) is 0. The Morgan fingerprint density at radius 2 is 2.17 bits per heavy atom. The fourth-order valence-corrected chi connectivity index (χ4v) is 0.602. The van der Waals surface area contributed by atoms with Gasteiger partial charge in [0.25, 0.3) is 0 Å². The second kappa shape index (κ2) is 8.44. The third-order valence-electron chi connectivity index (χ3n) is 1.04. The van der Waals surface area contributed by atoms with Crippen molar-refractivity contribution in [1.29, 1.82) is 0 Å². The number of benzene rings is 1. The van der Waals surface area contributed by atoms with Crippen molar-refractivity contribution < 1.29 is 4.39 Å². The molecule has 5 heteroatoms. The van der Waals surface area contributed by atoms with Gasteiger partial charge in [-0.2, -0.15) is 0 Å². The topological polar surface area (TPSA) is 26.0 Å². The van der Waals surface area contributed by atoms with Crippen LogP contribution in [-0.2, 0) is 6.54 Å². The summed E-state index contributed by atoms with van der Waals surface area (Å²) >= 11 is 6.44. The SMILES string of the molecule is NCc1[c]ccc(F)c1.[Br][Mg][Br]. The lowest BCUT2D eigenvalue weighted by molar-refractivity contribution is 0.625. The van der Waals surface area contributed by atoms with Crippen LogP contribution in [0.15, 0.2) is 18.2 Å². The highest BCUT2D eigenvalue weighted by Crippen LogP contribution is 2.00. The van der Waals surface area contributed by atoms with Gasteiger partial charge in [0.05, 0.1) is 0 Å². The molecule has 2 N–H and O–H groups in total. The summed E-state index contributed by atoms with van der Waals surface area (Å²) in [4.78, 5) is 0. The molecule has 0 unspecified atom stereocenters. The minimum atomic E-state index is -0.255. The Hall–Kier alpha value is 0.836. The summed E-state index contributed by atoms with van der Waals surface area (Å²) in [5.41, 5.74) is 5.92. The molecule has 1 radical (unpaired) electrons. The Kier molecular flexibility index (Phi) is 9.02. The molecule has 0 aromatic heterocycles. The number of hydrogen-bond acceptors (Lipinski definition) is 1. The van der Waals surface area contributed by atoms with Gasteiger partial charge in [-0.3, -0.25) is 25.8 Å². The van der Waals surface area contributed by atoms with Crippen molar-refractivity contribution >= 4 is 41.8 Å². The average molecular weight is 308 g/mol. The van der Waals surface area contributed by atoms with E-state index in [9.17, 15) is 4.39 Å². The second-order valence-electron chi connectivity index (χ2n) is 1.84. The highest BCUT2D eigenvalue weighted by molar-refractivity contribution is 9.47. The molecule has 0 spiro atoms. The summed E-state index contributed by atoms with van der Waals surface area (Å²) in [7, 11) is 0. The smallest absolute Gasteiger partial charge is 0.326 e. The van der Waals surface area contributed by atoms with E-state index < -0.39 is 0 Å². The highest BCUT2D eigenvalue weighted by atomic mass is 79.9. The van der Waals surface area contributed by atoms with Gasteiger partial charge in [-0.1, -0.05) is 6.07 Å². The molecule has 0 atom stereocenters. The van der Waals surface area contributed by atoms with E-state index >= 15 is 0 Å². The van der Waals surface area contributed by atoms with Crippen LogP contribution in [0.1, 0.15) is 5.56 Å². The van der Waals surface area contributed by atoms with E-state index in [0.29, 0.717) is 12.1 Å². The van der Waals surface area contributed by atoms with E-state index in [4.69, 9.17) is 5.73 Å². The standard InChI is InChI=1S/C7H7FN.2BrH.Mg/c8-7-3-1-2-6(4-7)5-9;;;/h1,3-4H,5,9H2;2*1H;/q;;;+2/p-2. The molecule has 0 amide bonds. The third kappa shape index (κ3) is 6.36. The molecule has 0 saturated heterocycles. The normalized spacial score (nSPS) is 8.00. The molecule has 63 valence electrons. The van der Waals surface area contributed by atoms with Crippen LogP contribution in [0, 0.1) is 11.9 Å². The Bertz CT molecular complexity index is 222. The van der Waals surface area contributed by atoms with Crippen LogP contribution in [0.2, 0.25) is 0 Å². The summed E-state index contributed by atoms with van der Waals surface area (Å²) in [6, 6.07) is 7.04. The maximum atomic E-state index is 12.3. The number of halogens is 3. The van der Waals surface area contributed by atoms with Gasteiger partial charge in [0.2, 0.25) is 0 Å². The summed E-state index contributed by atoms with van der Waals surface area (Å²) in [5.74, 6) is -0.255. The van der Waals surface area contributed by atoms with Crippen LogP contribution in [0.4, 0.5) is 4.39 Å². The van der Waals surface area contributed by atoms with Gasteiger partial charge in [0, 0.05) is 6.54 Å². The van der Waals surface area contributed by atoms with Crippen LogP contribution in [0.3, 0.4) is 0 Å². The quantitative estimate of drug-likeness (QED) is 0.792. The molecular formula is C7H7Br2FMgN. The van der Waals surface area contributed by atoms with Crippen molar-refractivity contribution in [2.45, 2.75) is 6.54 Å². The summed E-state index contributed by atoms with van der Waals surface area (Å²) in [5, 5.41) is 0. The first-order valence-corrected chi connectivity index (χ1v) is 11.0. The van der Waals surface area contributed by atoms with Crippen LogP contribution in [0.25, 0.3) is 0 Å². The van der Waals surface area contributed by atoms with Crippen molar-refractivity contribution in [3.05, 3.63) is 35.6 Å². The van der Waals surface area contributed by atoms with Crippen molar-refractivity contribution in [2.75, 3.05) is 0 Å². The molecule has 0 aliphatic carbocycles. The zero-order valence-electron chi connectivity index (χ0n) is 6.36. The van der Waals surface area contributed by atoms with Crippen LogP contribution in [0.5, 0.6) is 0 Å². The van der Waals surface area contributed by atoms with Crippen molar-refractivity contribution in [1.82, 2.24) is 0 Å². The van der Waals surface area contributed by atoms with Crippen LogP contribution >= 0.6 is 25.8 Å². The molecule has 0 saturated carbocycles. The molecule has 0 aliphatic heterocycles. The predicted molar refractivity (Wildman–Crippen MR) is 56.7 cm³/mol. The fourth-order valence-electron chi connectivity index (χ4n) is 0.602. The van der Waals surface area contributed by atoms with Gasteiger partial charge in [0.1, 0.15) is 5.82 Å². The van der Waals surface area contributed by atoms with Gasteiger partial charge >= 0.3 is 16.0 Å². The maximum absolute atomic E-state index is 12.3. The Morgan fingerprint density at radius 3 is 2.50 bits per heavy atom. The maximum Gasteiger partial charge on any atom is 0.560 e. The lowest BCUT2D eigenvalue weighted by Crippen LogP contribution is -1.95. The molecule has 0 heterocycles. The molecule has 0 fully saturated rings. The first-order valence-electron chi connectivity index (χ1n) is 3.22. The van der Waals surface area contributed by atoms with E-state index in [1.807, 2.05) is 0 Å². The van der Waals surface area contributed by atoms with E-state index in [1.54, 1.807) is 0 Å². The molecule has 0 aliphatic rings. The van der Waals surface area contributed by atoms with Gasteiger partial charge in [-0.15, -0.1) is 0 Å². The third-order valence-corrected chi connectivity index (χ3v) is 1.04. The van der Waals surface area contributed by atoms with Gasteiger partial charge in [-0.25, -0.2) is 4.39 Å². The minimum Gasteiger partial charge on any atom is -0.326 e. The number of hydrogen-bond donors (Lipinski definition) is 1. The first-order chi connectivity index (χ1) is 5.74. The molecule has 1 rings (SSSR count). The summed E-state index contributed by atoms with van der Waals surface area (Å²) < 4.78 is 12.3. The molecule has 1 nitrogen and oxygen atoms in total. The Labute approximate surface area is 93.4 Å². The van der Waals surface area contributed by atoms with Gasteiger partial charge in [0.15, 0.2) is 0 Å². The second-order valence-corrected chi connectivity index (χ2v) is 9.92. The molecule has 0 bridgehead atoms. The molecule has 12 heavy (non-hydrogen) atoms. The summed E-state index contributed by atoms with van der Waals surface area (Å²) in [6.45, 7) is 0.345. The van der Waals surface area contributed by atoms with Crippen LogP contribution in [-0.4, -0.2) is 16.0 Å². The zero-order chi connectivity index (χ0) is 9.40. The zero-order valence-corrected chi connectivity index (χ0v) is 10.9. The molecular weight excluding hydrogens is 301 g/mol. The predicted octanol–water partition coefficient (Wildman–Crippen LogP) is 2.39. The van der Waals surface area contributed by atoms with Crippen molar-refractivity contribution in [3.63, 3.8) is 0 Å². The lowest BCUT2D eigenvalue weighted by Gasteiger charge is -1.92. The van der Waals surface area contributed by atoms with Crippen LogP contribution < -0.4 is 5.73 Å². The van der Waals surface area contributed by atoms with E-state index in [0.717, 1.165) is 0 Å². The monoisotopic (exact) mass is 306 g/mol. The van der Waals surface area contributed by atoms with Crippen molar-refractivity contribution in [3.8, 4) is 0 Å². The number of rotatable bonds is 1. The van der Waals surface area contributed by atoms with E-state index in [2.05, 4.69) is 31.8 Å². The molecule has 1 aromatic carbocycles. The van der Waals surface area contributed by atoms with Gasteiger partial charge < -0.3 is 5.73 Å². The fraction of sp³-hybridized carbons (Fsp3) is 0.143. The molecule has 1 aromatic rings. The van der Waals surface area contributed by atoms with E-state index in [1.165, 1.54) is 18.2 Å². The largest absolute Gasteiger partial charge is 0.560 e. The average Bonchev–Trinajstić information content (AvgIpc) is 2.06. The Morgan fingerprint density at radius 1 is 1.58 bits per heavy atom. The van der Waals surface area contributed by atoms with Crippen molar-refractivity contribution in [2.24, 2.45) is 5.73 Å². The van der Waals surface area contributed by atoms with E-state index in [-0.39, 0.29) is 21.8 Å². The Balaban J connectivity index is 0.000000354. The lowest BCUT2D eigenvalue weighted by atomic mass is 10.2. The number of nitrogens with two attached hydrogens (primary N) is 1.